The van der Waals surface area contributed by atoms with E-state index < -0.39 is 0 Å². The molecule has 0 amide bonds. The Bertz CT molecular complexity index is 510. The summed E-state index contributed by atoms with van der Waals surface area (Å²) in [5.74, 6) is 0.532. The number of aryl methyl sites for hydroxylation is 2. The van der Waals surface area contributed by atoms with Gasteiger partial charge in [-0.15, -0.1) is 0 Å². The monoisotopic (exact) mass is 334 g/mol. The fraction of sp³-hybridized carbons (Fsp3) is 0.333. The molecule has 0 saturated carbocycles. The summed E-state index contributed by atoms with van der Waals surface area (Å²) in [5.41, 5.74) is 1.59. The second kappa shape index (κ2) is 8.19. The molecule has 0 aliphatic heterocycles. The molecule has 0 aliphatic carbocycles. The highest BCUT2D eigenvalue weighted by molar-refractivity contribution is 6.31. The normalized spacial score (nSPS) is 9.70. The van der Waals surface area contributed by atoms with Crippen LogP contribution in [0.15, 0.2) is 12.1 Å². The van der Waals surface area contributed by atoms with Gasteiger partial charge in [-0.1, -0.05) is 11.6 Å². The average Bonchev–Trinajstić information content (AvgIpc) is 2.26. The second-order valence-corrected chi connectivity index (χ2v) is 4.71. The van der Waals surface area contributed by atoms with Gasteiger partial charge >= 0.3 is 0 Å². The number of rotatable bonds is 2. The first kappa shape index (κ1) is 16.9. The van der Waals surface area contributed by atoms with Crippen LogP contribution in [-0.4, -0.2) is 26.5 Å². The molecule has 2 heterocycles. The van der Waals surface area contributed by atoms with Crippen molar-refractivity contribution in [2.24, 2.45) is 0 Å². The van der Waals surface area contributed by atoms with Crippen molar-refractivity contribution in [3.8, 4) is 5.88 Å². The highest BCUT2D eigenvalue weighted by Crippen LogP contribution is 2.11. The van der Waals surface area contributed by atoms with Crippen molar-refractivity contribution in [2.45, 2.75) is 20.8 Å². The first-order chi connectivity index (χ1) is 9.40. The van der Waals surface area contributed by atoms with Crippen molar-refractivity contribution >= 4 is 34.8 Å². The molecule has 2 rings (SSSR count). The van der Waals surface area contributed by atoms with Crippen LogP contribution in [0.4, 0.5) is 0 Å². The van der Waals surface area contributed by atoms with Gasteiger partial charge in [0.1, 0.15) is 5.15 Å². The van der Waals surface area contributed by atoms with Gasteiger partial charge in [0.15, 0.2) is 0 Å². The SMILES string of the molecule is CCOc1cc(C)nc(Cl)n1.Cc1cc(Cl)nc(Cl)n1. The van der Waals surface area contributed by atoms with E-state index in [9.17, 15) is 0 Å². The van der Waals surface area contributed by atoms with E-state index in [4.69, 9.17) is 39.5 Å². The molecule has 5 nitrogen and oxygen atoms in total. The molecular weight excluding hydrogens is 323 g/mol. The quantitative estimate of drug-likeness (QED) is 0.614. The average molecular weight is 336 g/mol. The Hall–Kier alpha value is -1.17. The number of aromatic nitrogens is 4. The lowest BCUT2D eigenvalue weighted by Crippen LogP contribution is -1.96. The molecule has 0 fully saturated rings. The molecule has 0 bridgehead atoms. The van der Waals surface area contributed by atoms with Crippen LogP contribution in [0.5, 0.6) is 5.88 Å². The van der Waals surface area contributed by atoms with E-state index in [0.717, 1.165) is 11.4 Å². The summed E-state index contributed by atoms with van der Waals surface area (Å²) in [6.07, 6.45) is 0. The maximum absolute atomic E-state index is 5.58. The van der Waals surface area contributed by atoms with Gasteiger partial charge in [-0.2, -0.15) is 4.98 Å². The van der Waals surface area contributed by atoms with Gasteiger partial charge in [0, 0.05) is 17.5 Å². The predicted octanol–water partition coefficient (Wildman–Crippen LogP) is 3.93. The van der Waals surface area contributed by atoms with Gasteiger partial charge in [-0.25, -0.2) is 15.0 Å². The maximum atomic E-state index is 5.58. The summed E-state index contributed by atoms with van der Waals surface area (Å²) in [5, 5.41) is 0.806. The summed E-state index contributed by atoms with van der Waals surface area (Å²) in [6.45, 7) is 6.13. The van der Waals surface area contributed by atoms with E-state index in [1.54, 1.807) is 19.1 Å². The van der Waals surface area contributed by atoms with Crippen molar-refractivity contribution in [3.05, 3.63) is 39.2 Å². The fourth-order valence-electron chi connectivity index (χ4n) is 1.22. The van der Waals surface area contributed by atoms with Gasteiger partial charge in [0.05, 0.1) is 6.61 Å². The van der Waals surface area contributed by atoms with E-state index in [0.29, 0.717) is 17.6 Å². The number of ether oxygens (including phenoxy) is 1. The topological polar surface area (TPSA) is 60.8 Å². The van der Waals surface area contributed by atoms with Crippen LogP contribution in [0.25, 0.3) is 0 Å². The predicted molar refractivity (Wildman–Crippen MR) is 79.7 cm³/mol. The third-order valence-corrected chi connectivity index (χ3v) is 2.42. The Labute approximate surface area is 132 Å². The number of nitrogens with zero attached hydrogens (tertiary/aromatic N) is 4. The molecule has 20 heavy (non-hydrogen) atoms. The molecule has 0 radical (unpaired) electrons. The third kappa shape index (κ3) is 6.32. The molecule has 0 spiro atoms. The molecule has 0 atom stereocenters. The van der Waals surface area contributed by atoms with Crippen LogP contribution in [0.1, 0.15) is 18.3 Å². The molecule has 8 heteroatoms. The molecule has 0 unspecified atom stereocenters. The molecule has 0 N–H and O–H groups in total. The largest absolute Gasteiger partial charge is 0.478 e. The van der Waals surface area contributed by atoms with Crippen LogP contribution >= 0.6 is 34.8 Å². The van der Waals surface area contributed by atoms with Gasteiger partial charge in [0.25, 0.3) is 0 Å². The van der Waals surface area contributed by atoms with Gasteiger partial charge in [-0.05, 0) is 50.0 Å². The summed E-state index contributed by atoms with van der Waals surface area (Å²) >= 11 is 16.5. The smallest absolute Gasteiger partial charge is 0.225 e. The van der Waals surface area contributed by atoms with Crippen molar-refractivity contribution in [2.75, 3.05) is 6.61 Å². The molecule has 0 aromatic carbocycles. The zero-order valence-corrected chi connectivity index (χ0v) is 13.5. The number of hydrogen-bond donors (Lipinski definition) is 0. The van der Waals surface area contributed by atoms with Crippen molar-refractivity contribution in [1.82, 2.24) is 19.9 Å². The molecule has 2 aromatic rings. The zero-order valence-electron chi connectivity index (χ0n) is 11.2. The molecule has 108 valence electrons. The van der Waals surface area contributed by atoms with Gasteiger partial charge in [-0.3, -0.25) is 0 Å². The van der Waals surface area contributed by atoms with Crippen LogP contribution in [0.2, 0.25) is 15.7 Å². The number of hydrogen-bond acceptors (Lipinski definition) is 5. The third-order valence-electron chi connectivity index (χ3n) is 1.89. The molecule has 0 saturated heterocycles. The minimum atomic E-state index is 0.194. The standard InChI is InChI=1S/C7H9ClN2O.C5H4Cl2N2/c1-3-11-6-4-5(2)9-7(8)10-6;1-3-2-4(6)9-5(7)8-3/h4H,3H2,1-2H3;2H,1H3. The Morgan fingerprint density at radius 3 is 1.90 bits per heavy atom. The van der Waals surface area contributed by atoms with E-state index in [-0.39, 0.29) is 10.6 Å². The molecule has 0 aliphatic rings. The molecular formula is C12H13Cl3N4O. The van der Waals surface area contributed by atoms with E-state index in [1.807, 2.05) is 13.8 Å². The fourth-order valence-corrected chi connectivity index (χ4v) is 1.94. The van der Waals surface area contributed by atoms with E-state index in [2.05, 4.69) is 19.9 Å². The van der Waals surface area contributed by atoms with Gasteiger partial charge < -0.3 is 4.74 Å². The minimum Gasteiger partial charge on any atom is -0.478 e. The lowest BCUT2D eigenvalue weighted by molar-refractivity contribution is 0.326. The maximum Gasteiger partial charge on any atom is 0.225 e. The highest BCUT2D eigenvalue weighted by Gasteiger charge is 1.98. The summed E-state index contributed by atoms with van der Waals surface area (Å²) in [4.78, 5) is 15.2. The van der Waals surface area contributed by atoms with E-state index in [1.165, 1.54) is 0 Å². The van der Waals surface area contributed by atoms with E-state index >= 15 is 0 Å². The van der Waals surface area contributed by atoms with Crippen LogP contribution in [0, 0.1) is 13.8 Å². The summed E-state index contributed by atoms with van der Waals surface area (Å²) in [6, 6.07) is 3.39. The Morgan fingerprint density at radius 1 is 0.900 bits per heavy atom. The van der Waals surface area contributed by atoms with Crippen molar-refractivity contribution in [3.63, 3.8) is 0 Å². The first-order valence-corrected chi connectivity index (χ1v) is 6.84. The lowest BCUT2D eigenvalue weighted by atomic mass is 10.4. The van der Waals surface area contributed by atoms with Gasteiger partial charge in [0.2, 0.25) is 16.4 Å². The van der Waals surface area contributed by atoms with Crippen LogP contribution in [0.3, 0.4) is 0 Å². The summed E-state index contributed by atoms with van der Waals surface area (Å²) < 4.78 is 5.13. The molecule has 2 aromatic heterocycles. The second-order valence-electron chi connectivity index (χ2n) is 3.65. The lowest BCUT2D eigenvalue weighted by Gasteiger charge is -2.01. The highest BCUT2D eigenvalue weighted by atomic mass is 35.5. The number of halogens is 3. The van der Waals surface area contributed by atoms with Crippen LogP contribution < -0.4 is 4.74 Å². The zero-order chi connectivity index (χ0) is 15.1. The summed E-state index contributed by atoms with van der Waals surface area (Å²) in [7, 11) is 0. The van der Waals surface area contributed by atoms with Crippen molar-refractivity contribution < 1.29 is 4.74 Å². The first-order valence-electron chi connectivity index (χ1n) is 5.71. The Kier molecular flexibility index (Phi) is 6.91. The Morgan fingerprint density at radius 2 is 1.45 bits per heavy atom. The van der Waals surface area contributed by atoms with Crippen LogP contribution in [-0.2, 0) is 0 Å². The van der Waals surface area contributed by atoms with Crippen molar-refractivity contribution in [1.29, 1.82) is 0 Å². The minimum absolute atomic E-state index is 0.194. The Balaban J connectivity index is 0.000000204.